The quantitative estimate of drug-likeness (QED) is 0.114. The fourth-order valence-corrected chi connectivity index (χ4v) is 13.2. The molecule has 4 aliphatic rings. The maximum Gasteiger partial charge on any atom is 0.256 e. The van der Waals surface area contributed by atoms with E-state index >= 15 is 0 Å². The molecule has 0 atom stereocenters. The van der Waals surface area contributed by atoms with E-state index in [1.807, 2.05) is 0 Å². The summed E-state index contributed by atoms with van der Waals surface area (Å²) in [6, 6.07) is 65.1. The van der Waals surface area contributed by atoms with E-state index in [4.69, 9.17) is 9.47 Å². The van der Waals surface area contributed by atoms with Gasteiger partial charge in [0.05, 0.1) is 11.4 Å². The van der Waals surface area contributed by atoms with Gasteiger partial charge in [-0.3, -0.25) is 0 Å². The molecule has 0 saturated heterocycles. The first kappa shape index (κ1) is 49.9. The molecule has 0 aromatic heterocycles. The van der Waals surface area contributed by atoms with Gasteiger partial charge in [0.2, 0.25) is 0 Å². The lowest BCUT2D eigenvalue weighted by molar-refractivity contribution is 0.477. The highest BCUT2D eigenvalue weighted by molar-refractivity contribution is 7.02. The van der Waals surface area contributed by atoms with Gasteiger partial charge in [-0.15, -0.1) is 0 Å². The third kappa shape index (κ3) is 8.73. The molecule has 9 aromatic rings. The molecule has 78 heavy (non-hydrogen) atoms. The first-order chi connectivity index (χ1) is 37.7. The minimum atomic E-state index is -0.179. The van der Waals surface area contributed by atoms with Crippen molar-refractivity contribution >= 4 is 80.3 Å². The molecule has 0 amide bonds. The zero-order chi connectivity index (χ0) is 53.7. The van der Waals surface area contributed by atoms with Crippen LogP contribution in [-0.2, 0) is 25.7 Å². The molecule has 0 spiro atoms. The van der Waals surface area contributed by atoms with Crippen LogP contribution < -0.4 is 52.1 Å². The zero-order valence-corrected chi connectivity index (χ0v) is 47.2. The van der Waals surface area contributed by atoms with Gasteiger partial charge in [0.25, 0.3) is 13.4 Å². The number of rotatable bonds is 12. The second-order valence-corrected chi connectivity index (χ2v) is 24.7. The molecule has 0 unspecified atom stereocenters. The summed E-state index contributed by atoms with van der Waals surface area (Å²) in [5.41, 5.74) is 26.4. The molecule has 0 radical (unpaired) electrons. The summed E-state index contributed by atoms with van der Waals surface area (Å²) in [6.45, 7) is 22.5. The van der Waals surface area contributed by atoms with Crippen LogP contribution in [0.1, 0.15) is 88.8 Å². The lowest BCUT2D eigenvalue weighted by atomic mass is 9.31. The number of fused-ring (bicyclic) bond motifs is 10. The van der Waals surface area contributed by atoms with Gasteiger partial charge in [-0.1, -0.05) is 188 Å². The van der Waals surface area contributed by atoms with Crippen LogP contribution in [0.3, 0.4) is 0 Å². The SMILES string of the molecule is Cc1ccc(-c2ccc3c(c2)B2c4cc(CC(C)C)ccc4N(c4ccc(CC(C)C)cc4)c4c5c6c(c(c42)O3)N(c2ccc(CC(C)C)cc2)c2ccc(CC(C)C)cc2B6c2cc(-c3ccc(C)cc3)ccc2O5)cc1. The highest BCUT2D eigenvalue weighted by Crippen LogP contribution is 2.54. The van der Waals surface area contributed by atoms with E-state index in [1.165, 1.54) is 88.9 Å². The molecule has 0 N–H and O–H groups in total. The molecule has 0 aliphatic carbocycles. The number of ether oxygens (including phenoxy) is 2. The lowest BCUT2D eigenvalue weighted by Crippen LogP contribution is -2.64. The fraction of sp³-hybridized carbons (Fsp3) is 0.250. The van der Waals surface area contributed by atoms with Gasteiger partial charge in [0.15, 0.2) is 0 Å². The molecular formula is C72H70B2N2O2. The van der Waals surface area contributed by atoms with Crippen LogP contribution in [0.4, 0.5) is 34.1 Å². The Morgan fingerprint density at radius 3 is 1.04 bits per heavy atom. The number of benzene rings is 9. The standard InChI is InChI=1S/C72H70B2N2O2/c1-43(2)35-49-15-27-57(28-16-49)75-63-31-19-51(37-45(5)6)39-59(63)73-61-41-55(53-21-11-47(9)12-22-53)26-34-66(61)78-72-67(73)69(75)71-68-70(72)76(58-29-17-50(18-30-58)36-44(3)4)64-32-20-52(38-46(7)8)40-60(64)74(68)62-42-56(25-33-65(62)77-71)54-23-13-48(10)14-24-54/h11-34,39-46H,35-38H2,1-10H3. The third-order valence-electron chi connectivity index (χ3n) is 16.5. The molecular weight excluding hydrogens is 946 g/mol. The summed E-state index contributed by atoms with van der Waals surface area (Å²) >= 11 is 0. The maximum atomic E-state index is 7.85. The van der Waals surface area contributed by atoms with Gasteiger partial charge in [-0.25, -0.2) is 0 Å². The summed E-state index contributed by atoms with van der Waals surface area (Å²) in [6.07, 6.45) is 4.00. The van der Waals surface area contributed by atoms with Crippen LogP contribution in [0.15, 0.2) is 170 Å². The number of nitrogens with zero attached hydrogens (tertiary/aromatic N) is 2. The Morgan fingerprint density at radius 1 is 0.346 bits per heavy atom. The highest BCUT2D eigenvalue weighted by atomic mass is 16.5. The van der Waals surface area contributed by atoms with Crippen molar-refractivity contribution in [2.75, 3.05) is 9.80 Å². The largest absolute Gasteiger partial charge is 0.456 e. The minimum absolute atomic E-state index is 0.179. The molecule has 0 saturated carbocycles. The van der Waals surface area contributed by atoms with Crippen LogP contribution >= 0.6 is 0 Å². The molecule has 4 nitrogen and oxygen atoms in total. The number of hydrogen-bond acceptors (Lipinski definition) is 4. The highest BCUT2D eigenvalue weighted by Gasteiger charge is 2.52. The van der Waals surface area contributed by atoms with E-state index in [9.17, 15) is 0 Å². The van der Waals surface area contributed by atoms with Crippen molar-refractivity contribution in [2.24, 2.45) is 23.7 Å². The van der Waals surface area contributed by atoms with E-state index in [2.05, 4.69) is 249 Å². The molecule has 0 fully saturated rings. The third-order valence-corrected chi connectivity index (χ3v) is 16.5. The van der Waals surface area contributed by atoms with Gasteiger partial charge in [-0.2, -0.15) is 0 Å². The summed E-state index contributed by atoms with van der Waals surface area (Å²) in [5.74, 6) is 5.62. The van der Waals surface area contributed by atoms with Crippen LogP contribution in [-0.4, -0.2) is 13.4 Å². The Kier molecular flexibility index (Phi) is 12.6. The van der Waals surface area contributed by atoms with E-state index in [0.29, 0.717) is 23.7 Å². The van der Waals surface area contributed by atoms with E-state index in [-0.39, 0.29) is 13.4 Å². The Bertz CT molecular complexity index is 3530. The average molecular weight is 1020 g/mol. The first-order valence-electron chi connectivity index (χ1n) is 28.8. The van der Waals surface area contributed by atoms with Crippen molar-refractivity contribution in [1.29, 1.82) is 0 Å². The molecule has 4 heterocycles. The van der Waals surface area contributed by atoms with Crippen LogP contribution in [0.25, 0.3) is 22.3 Å². The van der Waals surface area contributed by atoms with Gasteiger partial charge in [0, 0.05) is 33.7 Å². The summed E-state index contributed by atoms with van der Waals surface area (Å²) < 4.78 is 15.7. The topological polar surface area (TPSA) is 24.9 Å². The average Bonchev–Trinajstić information content (AvgIpc) is 3.61. The number of aryl methyl sites for hydroxylation is 2. The molecule has 0 bridgehead atoms. The second kappa shape index (κ2) is 19.6. The van der Waals surface area contributed by atoms with Crippen LogP contribution in [0.5, 0.6) is 23.0 Å². The molecule has 4 aliphatic heterocycles. The van der Waals surface area contributed by atoms with E-state index in [1.54, 1.807) is 0 Å². The fourth-order valence-electron chi connectivity index (χ4n) is 13.2. The lowest BCUT2D eigenvalue weighted by Gasteiger charge is -2.47. The van der Waals surface area contributed by atoms with E-state index < -0.39 is 0 Å². The monoisotopic (exact) mass is 1020 g/mol. The van der Waals surface area contributed by atoms with Crippen molar-refractivity contribution in [3.63, 3.8) is 0 Å². The summed E-state index contributed by atoms with van der Waals surface area (Å²) in [4.78, 5) is 5.07. The van der Waals surface area contributed by atoms with Gasteiger partial charge >= 0.3 is 0 Å². The van der Waals surface area contributed by atoms with Crippen LogP contribution in [0.2, 0.25) is 0 Å². The van der Waals surface area contributed by atoms with Crippen molar-refractivity contribution in [3.05, 3.63) is 203 Å². The number of anilines is 6. The Labute approximate surface area is 464 Å². The predicted molar refractivity (Wildman–Crippen MR) is 333 cm³/mol. The Morgan fingerprint density at radius 2 is 0.679 bits per heavy atom. The first-order valence-corrected chi connectivity index (χ1v) is 28.8. The predicted octanol–water partition coefficient (Wildman–Crippen LogP) is 15.2. The Balaban J connectivity index is 1.16. The van der Waals surface area contributed by atoms with E-state index in [0.717, 1.165) is 82.4 Å². The second-order valence-electron chi connectivity index (χ2n) is 24.7. The molecule has 6 heteroatoms. The minimum Gasteiger partial charge on any atom is -0.456 e. The van der Waals surface area contributed by atoms with Crippen molar-refractivity contribution < 1.29 is 9.47 Å². The van der Waals surface area contributed by atoms with Crippen LogP contribution in [0, 0.1) is 37.5 Å². The van der Waals surface area contributed by atoms with Gasteiger partial charge in [-0.05, 0) is 178 Å². The van der Waals surface area contributed by atoms with Gasteiger partial charge < -0.3 is 19.3 Å². The summed E-state index contributed by atoms with van der Waals surface area (Å²) in [7, 11) is 0. The smallest absolute Gasteiger partial charge is 0.256 e. The van der Waals surface area contributed by atoms with Crippen molar-refractivity contribution in [1.82, 2.24) is 0 Å². The molecule has 9 aromatic carbocycles. The molecule has 13 rings (SSSR count). The van der Waals surface area contributed by atoms with Crippen molar-refractivity contribution in [3.8, 4) is 45.3 Å². The normalized spacial score (nSPS) is 13.5. The van der Waals surface area contributed by atoms with Gasteiger partial charge in [0.1, 0.15) is 23.0 Å². The number of hydrogen-bond donors (Lipinski definition) is 0. The Hall–Kier alpha value is -7.69. The van der Waals surface area contributed by atoms with Crippen molar-refractivity contribution in [2.45, 2.75) is 94.9 Å². The molecule has 386 valence electrons. The summed E-state index contributed by atoms with van der Waals surface area (Å²) in [5, 5.41) is 0. The zero-order valence-electron chi connectivity index (χ0n) is 47.2. The maximum absolute atomic E-state index is 7.85.